The number of aromatic amines is 1. The average molecular weight is 830 g/mol. The van der Waals surface area contributed by atoms with E-state index in [0.29, 0.717) is 22.5 Å². The van der Waals surface area contributed by atoms with Crippen LogP contribution in [0.4, 0.5) is 4.79 Å². The number of hydrogen-bond acceptors (Lipinski definition) is 8. The Morgan fingerprint density at radius 2 is 1.58 bits per heavy atom. The summed E-state index contributed by atoms with van der Waals surface area (Å²) in [5, 5.41) is 8.42. The van der Waals surface area contributed by atoms with Gasteiger partial charge in [-0.2, -0.15) is 0 Å². The van der Waals surface area contributed by atoms with Crippen molar-refractivity contribution in [2.75, 3.05) is 7.11 Å². The highest BCUT2D eigenvalue weighted by molar-refractivity contribution is 9.10. The van der Waals surface area contributed by atoms with Gasteiger partial charge in [0.2, 0.25) is 11.8 Å². The lowest BCUT2D eigenvalue weighted by atomic mass is 10.0. The first-order chi connectivity index (χ1) is 26.0. The summed E-state index contributed by atoms with van der Waals surface area (Å²) in [6.45, 7) is 13.9. The Morgan fingerprint density at radius 1 is 0.945 bits per heavy atom. The number of methoxy groups -OCH3 is 1. The lowest BCUT2D eigenvalue weighted by Gasteiger charge is -2.43. The summed E-state index contributed by atoms with van der Waals surface area (Å²) in [4.78, 5) is 46.4. The summed E-state index contributed by atoms with van der Waals surface area (Å²) in [7, 11) is -1.64. The minimum atomic E-state index is -2.92. The highest BCUT2D eigenvalue weighted by Gasteiger charge is 2.52. The molecule has 0 aliphatic heterocycles. The lowest BCUT2D eigenvalue weighted by Crippen LogP contribution is -2.68. The number of carbonyl (C=O) groups is 3. The second-order valence-corrected chi connectivity index (χ2v) is 20.2. The number of fused-ring (bicyclic) bond motifs is 1. The summed E-state index contributed by atoms with van der Waals surface area (Å²) >= 11 is 3.66. The number of benzene rings is 3. The molecular formula is C42H49BrN4O7Si. The third-order valence-corrected chi connectivity index (χ3v) is 14.7. The number of H-pyrrole nitrogens is 1. The Morgan fingerprint density at radius 3 is 2.15 bits per heavy atom. The van der Waals surface area contributed by atoms with Crippen LogP contribution in [0, 0.1) is 0 Å². The van der Waals surface area contributed by atoms with Gasteiger partial charge in [-0.1, -0.05) is 88.4 Å². The molecule has 0 aliphatic rings. The Bertz CT molecular complexity index is 2100. The summed E-state index contributed by atoms with van der Waals surface area (Å²) < 4.78 is 24.0. The first-order valence-corrected chi connectivity index (χ1v) is 20.9. The van der Waals surface area contributed by atoms with Crippen molar-refractivity contribution in [3.05, 3.63) is 113 Å². The molecular weight excluding hydrogens is 780 g/mol. The average Bonchev–Trinajstić information content (AvgIpc) is 3.74. The molecule has 3 aromatic carbocycles. The van der Waals surface area contributed by atoms with Gasteiger partial charge in [0.25, 0.3) is 0 Å². The number of esters is 1. The number of carbonyl (C=O) groups excluding carboxylic acids is 3. The first kappa shape index (κ1) is 41.0. The van der Waals surface area contributed by atoms with E-state index in [1.165, 1.54) is 25.5 Å². The van der Waals surface area contributed by atoms with Gasteiger partial charge in [0.1, 0.15) is 35.4 Å². The highest BCUT2D eigenvalue weighted by Crippen LogP contribution is 2.39. The molecule has 0 aliphatic carbocycles. The summed E-state index contributed by atoms with van der Waals surface area (Å²) in [6, 6.07) is 25.2. The van der Waals surface area contributed by atoms with Crippen LogP contribution in [0.1, 0.15) is 78.1 Å². The fourth-order valence-corrected chi connectivity index (χ4v) is 11.5. The highest BCUT2D eigenvalue weighted by atomic mass is 79.9. The molecule has 0 radical (unpaired) electrons. The minimum absolute atomic E-state index is 0.123. The van der Waals surface area contributed by atoms with Gasteiger partial charge < -0.3 is 33.9 Å². The van der Waals surface area contributed by atoms with E-state index >= 15 is 0 Å². The molecule has 5 aromatic rings. The van der Waals surface area contributed by atoms with E-state index in [1.807, 2.05) is 61.5 Å². The Labute approximate surface area is 331 Å². The van der Waals surface area contributed by atoms with Gasteiger partial charge in [0.05, 0.1) is 11.7 Å². The summed E-state index contributed by atoms with van der Waals surface area (Å²) in [5.41, 5.74) is 1.30. The second kappa shape index (κ2) is 17.1. The number of oxazole rings is 1. The van der Waals surface area contributed by atoms with Crippen molar-refractivity contribution in [2.24, 2.45) is 0 Å². The maximum absolute atomic E-state index is 13.2. The summed E-state index contributed by atoms with van der Waals surface area (Å²) in [5.74, 6) is -0.186. The fraction of sp³-hybridized carbons (Fsp3) is 0.333. The normalized spacial score (nSPS) is 13.3. The minimum Gasteiger partial charge on any atom is -0.534 e. The van der Waals surface area contributed by atoms with E-state index < -0.39 is 44.0 Å². The largest absolute Gasteiger partial charge is 0.534 e. The maximum Gasteiger partial charge on any atom is 0.408 e. The predicted molar refractivity (Wildman–Crippen MR) is 220 cm³/mol. The van der Waals surface area contributed by atoms with Crippen molar-refractivity contribution in [1.82, 2.24) is 20.6 Å². The molecule has 13 heteroatoms. The SMILES string of the molecule is CC[C@H](NC(=O)OC(C)(C)C)c1nc(/C=C/C(=O)N[C@@H](Cc2c(Br)[nH]c3ccc(O[Si](c4ccccc4)(c4ccccc4)C(C)(C)C)cc23)C(=O)OC)co1. The molecule has 0 saturated heterocycles. The van der Waals surface area contributed by atoms with Crippen LogP contribution in [0.25, 0.3) is 17.0 Å². The molecule has 290 valence electrons. The number of nitrogens with one attached hydrogen (secondary N) is 3. The molecule has 2 amide bonds. The van der Waals surface area contributed by atoms with Crippen molar-refractivity contribution >= 4 is 69.6 Å². The molecule has 2 atom stereocenters. The van der Waals surface area contributed by atoms with Crippen molar-refractivity contribution in [3.63, 3.8) is 0 Å². The van der Waals surface area contributed by atoms with Crippen LogP contribution in [0.3, 0.4) is 0 Å². The number of alkyl carbamates (subject to hydrolysis) is 1. The van der Waals surface area contributed by atoms with Gasteiger partial charge in [0.15, 0.2) is 0 Å². The zero-order valence-electron chi connectivity index (χ0n) is 32.5. The van der Waals surface area contributed by atoms with Crippen molar-refractivity contribution in [2.45, 2.75) is 84.0 Å². The molecule has 0 spiro atoms. The second-order valence-electron chi connectivity index (χ2n) is 15.2. The molecule has 0 saturated carbocycles. The standard InChI is InChI=1S/C42H49BrN4O7Si/c1-9-33(47-40(50)53-41(2,3)4)38-44-27(26-52-38)20-23-36(48)45-35(39(49)51-8)25-32-31-24-28(21-22-34(31)46-37(32)43)54-55(42(5,6)7,29-16-12-10-13-17-29)30-18-14-11-15-19-30/h10-24,26,33,35,46H,9,25H2,1-8H3,(H,45,48)(H,47,50)/b23-20+/t33-,35-/m0/s1. The fourth-order valence-electron chi connectivity index (χ4n) is 6.53. The molecule has 11 nitrogen and oxygen atoms in total. The molecule has 0 unspecified atom stereocenters. The maximum atomic E-state index is 13.2. The van der Waals surface area contributed by atoms with Gasteiger partial charge in [-0.3, -0.25) is 4.79 Å². The van der Waals surface area contributed by atoms with Crippen LogP contribution < -0.4 is 25.4 Å². The third-order valence-electron chi connectivity index (χ3n) is 9.07. The lowest BCUT2D eigenvalue weighted by molar-refractivity contribution is -0.144. The van der Waals surface area contributed by atoms with Gasteiger partial charge in [0, 0.05) is 23.4 Å². The number of aromatic nitrogens is 2. The zero-order valence-corrected chi connectivity index (χ0v) is 35.1. The van der Waals surface area contributed by atoms with Crippen molar-refractivity contribution < 1.29 is 32.7 Å². The Kier molecular flexibility index (Phi) is 12.8. The van der Waals surface area contributed by atoms with Crippen molar-refractivity contribution in [1.29, 1.82) is 0 Å². The molecule has 0 fully saturated rings. The Balaban J connectivity index is 1.38. The number of hydrogen-bond donors (Lipinski definition) is 3. The van der Waals surface area contributed by atoms with Crippen molar-refractivity contribution in [3.8, 4) is 5.75 Å². The van der Waals surface area contributed by atoms with Gasteiger partial charge in [-0.05, 0) is 88.4 Å². The number of rotatable bonds is 13. The molecule has 2 heterocycles. The topological polar surface area (TPSA) is 145 Å². The molecule has 2 aromatic heterocycles. The van der Waals surface area contributed by atoms with E-state index in [0.717, 1.165) is 26.8 Å². The van der Waals surface area contributed by atoms with E-state index in [9.17, 15) is 14.4 Å². The van der Waals surface area contributed by atoms with Gasteiger partial charge in [-0.15, -0.1) is 0 Å². The third kappa shape index (κ3) is 9.76. The Hall–Kier alpha value is -5.14. The number of halogens is 1. The number of ether oxygens (including phenoxy) is 2. The first-order valence-electron chi connectivity index (χ1n) is 18.2. The van der Waals surface area contributed by atoms with Crippen LogP contribution in [-0.2, 0) is 25.5 Å². The zero-order chi connectivity index (χ0) is 40.0. The van der Waals surface area contributed by atoms with Crippen LogP contribution in [0.15, 0.2) is 100 Å². The van der Waals surface area contributed by atoms with Gasteiger partial charge in [-0.25, -0.2) is 14.6 Å². The smallest absolute Gasteiger partial charge is 0.408 e. The molecule has 0 bridgehead atoms. The van der Waals surface area contributed by atoms with E-state index in [2.05, 4.69) is 81.6 Å². The monoisotopic (exact) mass is 828 g/mol. The van der Waals surface area contributed by atoms with Crippen LogP contribution in [-0.4, -0.2) is 55.0 Å². The quantitative estimate of drug-likeness (QED) is 0.0621. The molecule has 3 N–H and O–H groups in total. The van der Waals surface area contributed by atoms with E-state index in [4.69, 9.17) is 18.3 Å². The van der Waals surface area contributed by atoms with Crippen LogP contribution in [0.2, 0.25) is 5.04 Å². The van der Waals surface area contributed by atoms with E-state index in [-0.39, 0.29) is 17.3 Å². The van der Waals surface area contributed by atoms with Crippen LogP contribution in [0.5, 0.6) is 5.75 Å². The number of amides is 2. The van der Waals surface area contributed by atoms with E-state index in [1.54, 1.807) is 20.8 Å². The number of nitrogens with zero attached hydrogens (tertiary/aromatic N) is 1. The van der Waals surface area contributed by atoms with Gasteiger partial charge >= 0.3 is 20.4 Å². The summed E-state index contributed by atoms with van der Waals surface area (Å²) in [6.07, 6.45) is 4.14. The predicted octanol–water partition coefficient (Wildman–Crippen LogP) is 7.75. The molecule has 55 heavy (non-hydrogen) atoms. The molecule has 5 rings (SSSR count). The van der Waals surface area contributed by atoms with Crippen LogP contribution >= 0.6 is 15.9 Å².